The van der Waals surface area contributed by atoms with Gasteiger partial charge in [0.2, 0.25) is 0 Å². The number of hydrogen-bond acceptors (Lipinski definition) is 8. The van der Waals surface area contributed by atoms with E-state index < -0.39 is 15.9 Å². The number of fused-ring (bicyclic) bond motifs is 1. The van der Waals surface area contributed by atoms with Crippen LogP contribution in [0.25, 0.3) is 10.9 Å². The number of nitrogens with two attached hydrogens (primary N) is 1. The molecule has 3 N–H and O–H groups in total. The number of nitrogen functional groups attached to an aromatic ring is 1. The second-order valence-electron chi connectivity index (χ2n) is 9.63. The summed E-state index contributed by atoms with van der Waals surface area (Å²) >= 11 is 0. The summed E-state index contributed by atoms with van der Waals surface area (Å²) in [4.78, 5) is 6.93. The first-order valence-corrected chi connectivity index (χ1v) is 14.7. The number of anilines is 1. The average Bonchev–Trinajstić information content (AvgIpc) is 2.88. The Kier molecular flexibility index (Phi) is 11.1. The molecule has 1 aromatic heterocycles. The zero-order valence-electron chi connectivity index (χ0n) is 22.7. The smallest absolute Gasteiger partial charge is 0.264 e. The van der Waals surface area contributed by atoms with Crippen LogP contribution in [-0.4, -0.2) is 62.0 Å². The van der Waals surface area contributed by atoms with E-state index in [0.717, 1.165) is 18.9 Å². The maximum absolute atomic E-state index is 14.2. The van der Waals surface area contributed by atoms with Crippen LogP contribution in [0, 0.1) is 11.7 Å². The number of piperidine rings is 1. The number of likely N-dealkylation sites (tertiary alicyclic amines) is 1. The molecule has 0 radical (unpaired) electrons. The van der Waals surface area contributed by atoms with Gasteiger partial charge in [0.25, 0.3) is 10.1 Å². The van der Waals surface area contributed by atoms with Gasteiger partial charge in [-0.25, -0.2) is 4.39 Å². The Hall–Kier alpha value is -3.15. The van der Waals surface area contributed by atoms with Gasteiger partial charge in [-0.1, -0.05) is 13.8 Å². The van der Waals surface area contributed by atoms with E-state index in [1.165, 1.54) is 38.1 Å². The van der Waals surface area contributed by atoms with Gasteiger partial charge in [-0.3, -0.25) is 9.54 Å². The summed E-state index contributed by atoms with van der Waals surface area (Å²) in [5, 5.41) is 0.704. The molecule has 9 nitrogen and oxygen atoms in total. The van der Waals surface area contributed by atoms with E-state index in [9.17, 15) is 12.8 Å². The van der Waals surface area contributed by atoms with Crippen molar-refractivity contribution in [3.8, 4) is 23.0 Å². The molecule has 214 valence electrons. The topological polar surface area (TPSA) is 124 Å². The number of rotatable bonds is 10. The third-order valence-corrected chi connectivity index (χ3v) is 7.30. The number of hydrogen-bond donors (Lipinski definition) is 2. The minimum Gasteiger partial charge on any atom is -0.493 e. The van der Waals surface area contributed by atoms with E-state index in [2.05, 4.69) is 16.8 Å². The molecule has 0 amide bonds. The maximum Gasteiger partial charge on any atom is 0.264 e. The molecule has 3 aromatic rings. The first-order chi connectivity index (χ1) is 18.6. The second kappa shape index (κ2) is 14.3. The molecule has 2 aromatic carbocycles. The van der Waals surface area contributed by atoms with Gasteiger partial charge in [-0.2, -0.15) is 8.42 Å². The van der Waals surface area contributed by atoms with Crippen molar-refractivity contribution in [2.24, 2.45) is 5.92 Å². The minimum absolute atomic E-state index is 0.0955. The molecule has 0 unspecified atom stereocenters. The Bertz CT molecular complexity index is 1330. The highest BCUT2D eigenvalue weighted by Crippen LogP contribution is 2.37. The number of ether oxygens (including phenoxy) is 3. The monoisotopic (exact) mass is 563 g/mol. The maximum atomic E-state index is 14.2. The summed E-state index contributed by atoms with van der Waals surface area (Å²) in [5.41, 5.74) is 6.65. The standard InChI is InChI=1S/C25H30FN3O3.C3H8O3S/c1-17-7-11-29(12-8-17)10-3-13-31-25-16-21-19(15-24(25)30-2)22(6-9-28-21)32-23-5-4-18(27)14-20(23)26;1-2-3-7(4,5)6/h4-6,9,14-17H,3,7-8,10-13,27H2,1-2H3;2-3H2,1H3,(H,4,5,6). The molecule has 0 saturated carbocycles. The lowest BCUT2D eigenvalue weighted by Crippen LogP contribution is -2.34. The molecule has 11 heteroatoms. The van der Waals surface area contributed by atoms with Crippen LogP contribution in [0.2, 0.25) is 0 Å². The summed E-state index contributed by atoms with van der Waals surface area (Å²) in [6.45, 7) is 7.98. The summed E-state index contributed by atoms with van der Waals surface area (Å²) in [6.07, 6.45) is 5.59. The molecule has 0 aliphatic carbocycles. The third kappa shape index (κ3) is 9.52. The molecular formula is C28H38FN3O6S. The van der Waals surface area contributed by atoms with Crippen molar-refractivity contribution in [2.75, 3.05) is 44.8 Å². The fourth-order valence-electron chi connectivity index (χ4n) is 4.22. The zero-order valence-corrected chi connectivity index (χ0v) is 23.5. The number of benzene rings is 2. The van der Waals surface area contributed by atoms with Gasteiger partial charge in [0.1, 0.15) is 5.75 Å². The summed E-state index contributed by atoms with van der Waals surface area (Å²) < 4.78 is 59.2. The van der Waals surface area contributed by atoms with Crippen molar-refractivity contribution in [2.45, 2.75) is 39.5 Å². The zero-order chi connectivity index (χ0) is 28.4. The number of halogens is 1. The minimum atomic E-state index is -3.67. The molecule has 39 heavy (non-hydrogen) atoms. The highest BCUT2D eigenvalue weighted by Gasteiger charge is 2.16. The van der Waals surface area contributed by atoms with Gasteiger partial charge < -0.3 is 24.8 Å². The Morgan fingerprint density at radius 1 is 1.10 bits per heavy atom. The van der Waals surface area contributed by atoms with Crippen LogP contribution in [0.3, 0.4) is 0 Å². The molecule has 0 spiro atoms. The van der Waals surface area contributed by atoms with Gasteiger partial charge in [-0.15, -0.1) is 0 Å². The van der Waals surface area contributed by atoms with Gasteiger partial charge in [0.05, 0.1) is 25.0 Å². The molecule has 1 fully saturated rings. The van der Waals surface area contributed by atoms with Crippen molar-refractivity contribution in [3.63, 3.8) is 0 Å². The van der Waals surface area contributed by atoms with Crippen molar-refractivity contribution in [1.82, 2.24) is 9.88 Å². The highest BCUT2D eigenvalue weighted by atomic mass is 32.2. The largest absolute Gasteiger partial charge is 0.493 e. The molecule has 1 aliphatic heterocycles. The second-order valence-corrected chi connectivity index (χ2v) is 11.2. The van der Waals surface area contributed by atoms with Crippen LogP contribution in [0.4, 0.5) is 10.1 Å². The van der Waals surface area contributed by atoms with Gasteiger partial charge >= 0.3 is 0 Å². The van der Waals surface area contributed by atoms with Crippen LogP contribution < -0.4 is 19.9 Å². The predicted octanol–water partition coefficient (Wildman–Crippen LogP) is 5.54. The lowest BCUT2D eigenvalue weighted by atomic mass is 9.99. The number of nitrogens with zero attached hydrogens (tertiary/aromatic N) is 2. The van der Waals surface area contributed by atoms with E-state index in [0.29, 0.717) is 46.9 Å². The molecule has 0 bridgehead atoms. The fourth-order valence-corrected chi connectivity index (χ4v) is 4.74. The van der Waals surface area contributed by atoms with Crippen LogP contribution in [0.1, 0.15) is 39.5 Å². The van der Waals surface area contributed by atoms with Crippen molar-refractivity contribution >= 4 is 26.7 Å². The normalized spacial score (nSPS) is 14.5. The van der Waals surface area contributed by atoms with E-state index in [4.69, 9.17) is 24.5 Å². The number of aromatic nitrogens is 1. The average molecular weight is 564 g/mol. The molecular weight excluding hydrogens is 525 g/mol. The Morgan fingerprint density at radius 3 is 2.46 bits per heavy atom. The van der Waals surface area contributed by atoms with Crippen LogP contribution in [0.15, 0.2) is 42.6 Å². The fraction of sp³-hybridized carbons (Fsp3) is 0.464. The van der Waals surface area contributed by atoms with Gasteiger partial charge in [-0.05, 0) is 69.0 Å². The van der Waals surface area contributed by atoms with Gasteiger partial charge in [0.15, 0.2) is 23.1 Å². The molecule has 0 atom stereocenters. The van der Waals surface area contributed by atoms with E-state index in [1.807, 2.05) is 12.1 Å². The van der Waals surface area contributed by atoms with E-state index >= 15 is 0 Å². The van der Waals surface area contributed by atoms with Crippen LogP contribution >= 0.6 is 0 Å². The quantitative estimate of drug-likeness (QED) is 0.186. The third-order valence-electron chi connectivity index (χ3n) is 6.38. The van der Waals surface area contributed by atoms with Crippen molar-refractivity contribution < 1.29 is 31.6 Å². The Labute approximate surface area is 229 Å². The Morgan fingerprint density at radius 2 is 1.85 bits per heavy atom. The summed E-state index contributed by atoms with van der Waals surface area (Å²) in [7, 11) is -2.08. The molecule has 1 aliphatic rings. The molecule has 4 rings (SSSR count). The van der Waals surface area contributed by atoms with E-state index in [-0.39, 0.29) is 11.5 Å². The van der Waals surface area contributed by atoms with Gasteiger partial charge in [0, 0.05) is 35.9 Å². The summed E-state index contributed by atoms with van der Waals surface area (Å²) in [5.74, 6) is 1.97. The van der Waals surface area contributed by atoms with E-state index in [1.54, 1.807) is 32.4 Å². The lowest BCUT2D eigenvalue weighted by molar-refractivity contribution is 0.176. The number of methoxy groups -OCH3 is 1. The first kappa shape index (κ1) is 30.4. The lowest BCUT2D eigenvalue weighted by Gasteiger charge is -2.30. The van der Waals surface area contributed by atoms with Crippen molar-refractivity contribution in [1.29, 1.82) is 0 Å². The molecule has 1 saturated heterocycles. The Balaban J connectivity index is 0.000000532. The van der Waals surface area contributed by atoms with Crippen LogP contribution in [0.5, 0.6) is 23.0 Å². The number of pyridine rings is 1. The first-order valence-electron chi connectivity index (χ1n) is 13.1. The summed E-state index contributed by atoms with van der Waals surface area (Å²) in [6, 6.07) is 9.68. The highest BCUT2D eigenvalue weighted by molar-refractivity contribution is 7.85. The van der Waals surface area contributed by atoms with Crippen molar-refractivity contribution in [3.05, 3.63) is 48.4 Å². The molecule has 2 heterocycles. The SMILES string of the molecule is CCCS(=O)(=O)O.COc1cc2c(Oc3ccc(N)cc3F)ccnc2cc1OCCCN1CCC(C)CC1. The van der Waals surface area contributed by atoms with Crippen LogP contribution in [-0.2, 0) is 10.1 Å². The predicted molar refractivity (Wildman–Crippen MR) is 151 cm³/mol.